The molecule has 2 heteroatoms. The Labute approximate surface area is 111 Å². The number of ether oxygens (including phenoxy) is 1. The maximum atomic E-state index is 5.38. The molecular formula is C17H15NO. The lowest BCUT2D eigenvalue weighted by molar-refractivity contribution is 0.414. The van der Waals surface area contributed by atoms with Crippen LogP contribution in [0.25, 0.3) is 23.6 Å². The van der Waals surface area contributed by atoms with Crippen LogP contribution in [0.2, 0.25) is 0 Å². The Morgan fingerprint density at radius 3 is 2.63 bits per heavy atom. The summed E-state index contributed by atoms with van der Waals surface area (Å²) in [5.74, 6) is 0.868. The number of hydrogen-bond acceptors (Lipinski definition) is 1. The molecule has 0 aliphatic carbocycles. The molecule has 1 N–H and O–H groups in total. The largest absolute Gasteiger partial charge is 0.496 e. The quantitative estimate of drug-likeness (QED) is 0.741. The van der Waals surface area contributed by atoms with E-state index in [9.17, 15) is 0 Å². The number of methoxy groups -OCH3 is 1. The van der Waals surface area contributed by atoms with E-state index in [4.69, 9.17) is 4.74 Å². The zero-order chi connectivity index (χ0) is 13.2. The fourth-order valence-electron chi connectivity index (χ4n) is 2.33. The SMILES string of the molecule is C=c1[nH]c2ccccc2/c1=C\c1ccccc1OC. The van der Waals surface area contributed by atoms with Crippen LogP contribution in [0.4, 0.5) is 0 Å². The van der Waals surface area contributed by atoms with E-state index in [0.717, 1.165) is 27.4 Å². The van der Waals surface area contributed by atoms with Gasteiger partial charge in [0, 0.05) is 27.0 Å². The second-order valence-corrected chi connectivity index (χ2v) is 4.45. The number of aromatic nitrogens is 1. The minimum atomic E-state index is 0.868. The third-order valence-corrected chi connectivity index (χ3v) is 3.27. The van der Waals surface area contributed by atoms with Gasteiger partial charge in [-0.05, 0) is 18.2 Å². The van der Waals surface area contributed by atoms with Gasteiger partial charge in [0.15, 0.2) is 0 Å². The number of hydrogen-bond donors (Lipinski definition) is 1. The molecule has 0 radical (unpaired) electrons. The highest BCUT2D eigenvalue weighted by molar-refractivity contribution is 5.82. The van der Waals surface area contributed by atoms with Crippen LogP contribution in [-0.4, -0.2) is 12.1 Å². The number of aromatic amines is 1. The van der Waals surface area contributed by atoms with Crippen molar-refractivity contribution in [3.05, 3.63) is 64.7 Å². The molecule has 0 unspecified atom stereocenters. The van der Waals surface area contributed by atoms with Crippen LogP contribution in [0.15, 0.2) is 48.5 Å². The van der Waals surface area contributed by atoms with Crippen molar-refractivity contribution in [2.75, 3.05) is 7.11 Å². The Morgan fingerprint density at radius 1 is 1.05 bits per heavy atom. The minimum absolute atomic E-state index is 0.868. The van der Waals surface area contributed by atoms with Crippen LogP contribution < -0.4 is 15.3 Å². The van der Waals surface area contributed by atoms with Gasteiger partial charge in [0.25, 0.3) is 0 Å². The Bertz CT molecular complexity index is 830. The Kier molecular flexibility index (Phi) is 2.84. The average molecular weight is 249 g/mol. The third-order valence-electron chi connectivity index (χ3n) is 3.27. The minimum Gasteiger partial charge on any atom is -0.496 e. The molecule has 2 nitrogen and oxygen atoms in total. The lowest BCUT2D eigenvalue weighted by Crippen LogP contribution is -2.20. The van der Waals surface area contributed by atoms with Crippen molar-refractivity contribution in [1.29, 1.82) is 0 Å². The Balaban J connectivity index is 2.32. The monoisotopic (exact) mass is 249 g/mol. The van der Waals surface area contributed by atoms with Gasteiger partial charge in [0.2, 0.25) is 0 Å². The zero-order valence-corrected chi connectivity index (χ0v) is 10.8. The number of benzene rings is 2. The summed E-state index contributed by atoms with van der Waals surface area (Å²) in [5, 5.41) is 3.21. The van der Waals surface area contributed by atoms with Crippen molar-refractivity contribution in [2.45, 2.75) is 0 Å². The predicted molar refractivity (Wildman–Crippen MR) is 79.6 cm³/mol. The lowest BCUT2D eigenvalue weighted by atomic mass is 10.1. The van der Waals surface area contributed by atoms with Crippen LogP contribution >= 0.6 is 0 Å². The summed E-state index contributed by atoms with van der Waals surface area (Å²) in [6.45, 7) is 4.08. The molecular weight excluding hydrogens is 234 g/mol. The molecule has 2 aromatic carbocycles. The summed E-state index contributed by atoms with van der Waals surface area (Å²) in [5.41, 5.74) is 2.16. The maximum absolute atomic E-state index is 5.38. The smallest absolute Gasteiger partial charge is 0.126 e. The molecule has 0 saturated heterocycles. The second kappa shape index (κ2) is 4.65. The zero-order valence-electron chi connectivity index (χ0n) is 10.8. The molecule has 0 atom stereocenters. The highest BCUT2D eigenvalue weighted by atomic mass is 16.5. The first-order chi connectivity index (χ1) is 9.29. The highest BCUT2D eigenvalue weighted by Gasteiger charge is 2.01. The molecule has 0 spiro atoms. The number of nitrogens with one attached hydrogen (secondary N) is 1. The molecule has 0 saturated carbocycles. The summed E-state index contributed by atoms with van der Waals surface area (Å²) in [7, 11) is 1.69. The molecule has 1 heterocycles. The molecule has 94 valence electrons. The van der Waals surface area contributed by atoms with Gasteiger partial charge in [-0.1, -0.05) is 43.0 Å². The molecule has 0 amide bonds. The van der Waals surface area contributed by atoms with E-state index in [1.165, 1.54) is 5.39 Å². The first-order valence-electron chi connectivity index (χ1n) is 6.20. The molecule has 19 heavy (non-hydrogen) atoms. The van der Waals surface area contributed by atoms with Gasteiger partial charge in [0.05, 0.1) is 7.11 Å². The van der Waals surface area contributed by atoms with Crippen molar-refractivity contribution < 1.29 is 4.74 Å². The van der Waals surface area contributed by atoms with E-state index in [2.05, 4.69) is 29.8 Å². The van der Waals surface area contributed by atoms with Crippen molar-refractivity contribution in [1.82, 2.24) is 4.98 Å². The lowest BCUT2D eigenvalue weighted by Gasteiger charge is -2.02. The molecule has 0 aliphatic rings. The van der Waals surface area contributed by atoms with E-state index in [1.54, 1.807) is 7.11 Å². The number of para-hydroxylation sites is 2. The van der Waals surface area contributed by atoms with Crippen LogP contribution in [0.1, 0.15) is 5.56 Å². The van der Waals surface area contributed by atoms with Crippen molar-refractivity contribution in [3.63, 3.8) is 0 Å². The number of fused-ring (bicyclic) bond motifs is 1. The summed E-state index contributed by atoms with van der Waals surface area (Å²) in [6, 6.07) is 16.2. The van der Waals surface area contributed by atoms with Gasteiger partial charge >= 0.3 is 0 Å². The van der Waals surface area contributed by atoms with Crippen LogP contribution in [0.5, 0.6) is 5.75 Å². The van der Waals surface area contributed by atoms with Crippen LogP contribution in [0, 0.1) is 0 Å². The van der Waals surface area contributed by atoms with Crippen molar-refractivity contribution in [2.24, 2.45) is 0 Å². The fraction of sp³-hybridized carbons (Fsp3) is 0.0588. The summed E-state index contributed by atoms with van der Waals surface area (Å²) < 4.78 is 5.38. The van der Waals surface area contributed by atoms with E-state index >= 15 is 0 Å². The summed E-state index contributed by atoms with van der Waals surface area (Å²) in [6.07, 6.45) is 2.11. The molecule has 0 fully saturated rings. The molecule has 0 bridgehead atoms. The normalized spacial score (nSPS) is 11.9. The predicted octanol–water partition coefficient (Wildman–Crippen LogP) is 2.42. The van der Waals surface area contributed by atoms with Gasteiger partial charge in [-0.3, -0.25) is 0 Å². The summed E-state index contributed by atoms with van der Waals surface area (Å²) in [4.78, 5) is 3.30. The molecule has 3 aromatic rings. The first kappa shape index (κ1) is 11.6. The van der Waals surface area contributed by atoms with Gasteiger partial charge in [-0.2, -0.15) is 0 Å². The Hall–Kier alpha value is -2.48. The number of rotatable bonds is 2. The van der Waals surface area contributed by atoms with Gasteiger partial charge in [-0.25, -0.2) is 0 Å². The van der Waals surface area contributed by atoms with E-state index < -0.39 is 0 Å². The second-order valence-electron chi connectivity index (χ2n) is 4.45. The third kappa shape index (κ3) is 2.02. The van der Waals surface area contributed by atoms with Crippen molar-refractivity contribution >= 4 is 23.6 Å². The van der Waals surface area contributed by atoms with Gasteiger partial charge in [0.1, 0.15) is 5.75 Å². The van der Waals surface area contributed by atoms with E-state index in [1.807, 2.05) is 36.4 Å². The molecule has 1 aromatic heterocycles. The Morgan fingerprint density at radius 2 is 1.79 bits per heavy atom. The summed E-state index contributed by atoms with van der Waals surface area (Å²) >= 11 is 0. The average Bonchev–Trinajstić information content (AvgIpc) is 2.76. The van der Waals surface area contributed by atoms with Crippen molar-refractivity contribution in [3.8, 4) is 5.75 Å². The van der Waals surface area contributed by atoms with Gasteiger partial charge in [-0.15, -0.1) is 0 Å². The maximum Gasteiger partial charge on any atom is 0.126 e. The van der Waals surface area contributed by atoms with Crippen LogP contribution in [0.3, 0.4) is 0 Å². The highest BCUT2D eigenvalue weighted by Crippen LogP contribution is 2.17. The van der Waals surface area contributed by atoms with E-state index in [0.29, 0.717) is 0 Å². The number of H-pyrrole nitrogens is 1. The topological polar surface area (TPSA) is 25.0 Å². The molecule has 3 rings (SSSR count). The fourth-order valence-corrected chi connectivity index (χ4v) is 2.33. The van der Waals surface area contributed by atoms with Crippen LogP contribution in [-0.2, 0) is 0 Å². The van der Waals surface area contributed by atoms with E-state index in [-0.39, 0.29) is 0 Å². The first-order valence-corrected chi connectivity index (χ1v) is 6.20. The van der Waals surface area contributed by atoms with Gasteiger partial charge < -0.3 is 9.72 Å². The standard InChI is InChI=1S/C17H15NO/c1-12-15(14-8-4-5-9-16(14)18-12)11-13-7-3-6-10-17(13)19-2/h3-11,18H,1H2,2H3/b15-11-. The molecule has 0 aliphatic heterocycles.